The van der Waals surface area contributed by atoms with Crippen LogP contribution in [0.3, 0.4) is 0 Å². The maximum Gasteiger partial charge on any atom is 0.192 e. The summed E-state index contributed by atoms with van der Waals surface area (Å²) in [4.78, 5) is 0. The average Bonchev–Trinajstić information content (AvgIpc) is 2.70. The van der Waals surface area contributed by atoms with Crippen LogP contribution in [0.4, 0.5) is 0 Å². The number of halogens is 1. The lowest BCUT2D eigenvalue weighted by atomic mass is 10.1. The van der Waals surface area contributed by atoms with Crippen LogP contribution in [-0.4, -0.2) is 12.2 Å². The fraction of sp³-hybridized carbons (Fsp3) is 0.714. The van der Waals surface area contributed by atoms with Gasteiger partial charge in [-0.15, -0.1) is 0 Å². The van der Waals surface area contributed by atoms with Crippen LogP contribution >= 0.6 is 23.0 Å². The first-order chi connectivity index (χ1) is 4.85. The highest BCUT2D eigenvalue weighted by molar-refractivity contribution is 14.1. The van der Waals surface area contributed by atoms with Gasteiger partial charge in [0.15, 0.2) is 23.0 Å². The van der Waals surface area contributed by atoms with Crippen LogP contribution in [0, 0.1) is 0 Å². The monoisotopic (exact) mass is 252 g/mol. The Morgan fingerprint density at radius 1 is 1.60 bits per heavy atom. The van der Waals surface area contributed by atoms with Crippen molar-refractivity contribution in [2.75, 3.05) is 6.61 Å². The molecule has 0 bridgehead atoms. The molecule has 0 aromatic heterocycles. The maximum atomic E-state index is 5.55. The number of ether oxygens (including phenoxy) is 1. The Morgan fingerprint density at radius 2 is 2.40 bits per heavy atom. The van der Waals surface area contributed by atoms with Crippen molar-refractivity contribution in [3.05, 3.63) is 11.8 Å². The Balaban J connectivity index is 2.04. The summed E-state index contributed by atoms with van der Waals surface area (Å²) >= 11 is 1.93. The van der Waals surface area contributed by atoms with E-state index in [1.165, 1.54) is 12.8 Å². The molecule has 2 rings (SSSR count). The highest BCUT2D eigenvalue weighted by Gasteiger charge is 2.46. The van der Waals surface area contributed by atoms with Crippen LogP contribution in [0.15, 0.2) is 11.8 Å². The molecule has 0 atom stereocenters. The second kappa shape index (κ2) is 2.37. The molecule has 1 saturated carbocycles. The Bertz CT molecular complexity index is 172. The van der Waals surface area contributed by atoms with Gasteiger partial charge in [0.1, 0.15) is 5.76 Å². The van der Waals surface area contributed by atoms with Crippen LogP contribution in [0.5, 0.6) is 0 Å². The Labute approximate surface area is 74.3 Å². The van der Waals surface area contributed by atoms with Crippen LogP contribution in [0.25, 0.3) is 0 Å². The van der Waals surface area contributed by atoms with Gasteiger partial charge in [0.25, 0.3) is 0 Å². The van der Waals surface area contributed by atoms with E-state index in [1.807, 2.05) is 29.1 Å². The predicted octanol–water partition coefficient (Wildman–Crippen LogP) is 2.19. The summed E-state index contributed by atoms with van der Waals surface area (Å²) in [5.41, 5.74) is 0.204. The molecule has 1 aliphatic heterocycles. The lowest BCUT2D eigenvalue weighted by Gasteiger charge is -2.20. The van der Waals surface area contributed by atoms with Crippen LogP contribution < -0.4 is 0 Å². The molecule has 1 fully saturated rings. The van der Waals surface area contributed by atoms with Gasteiger partial charge in [0.05, 0.1) is 12.2 Å². The predicted molar refractivity (Wildman–Crippen MR) is 45.7 cm³/mol. The van der Waals surface area contributed by atoms with Gasteiger partial charge in [-0.2, -0.15) is 0 Å². The molecule has 0 saturated heterocycles. The third kappa shape index (κ3) is 1.16. The van der Waals surface area contributed by atoms with E-state index in [2.05, 4.69) is 0 Å². The summed E-state index contributed by atoms with van der Waals surface area (Å²) in [7, 11) is 0. The van der Waals surface area contributed by atoms with Gasteiger partial charge in [-0.05, 0) is 18.9 Å². The molecule has 10 heavy (non-hydrogen) atoms. The second-order valence-electron chi connectivity index (χ2n) is 2.92. The summed E-state index contributed by atoms with van der Waals surface area (Å²) in [6, 6.07) is 0. The topological polar surface area (TPSA) is 18.5 Å². The standard InChI is InChI=1S/C7H9IO2/c8-10-6-1-4-9-7(5-6)2-3-7/h1H,2-5H2. The van der Waals surface area contributed by atoms with Gasteiger partial charge < -0.3 is 7.80 Å². The van der Waals surface area contributed by atoms with Crippen LogP contribution in [-0.2, 0) is 7.80 Å². The van der Waals surface area contributed by atoms with Gasteiger partial charge >= 0.3 is 0 Å². The molecule has 0 unspecified atom stereocenters. The summed E-state index contributed by atoms with van der Waals surface area (Å²) in [5.74, 6) is 1.09. The Hall–Kier alpha value is 0.230. The van der Waals surface area contributed by atoms with Crippen LogP contribution in [0.1, 0.15) is 19.3 Å². The van der Waals surface area contributed by atoms with Crippen molar-refractivity contribution in [1.82, 2.24) is 0 Å². The molecule has 0 amide bonds. The molecule has 2 nitrogen and oxygen atoms in total. The maximum absolute atomic E-state index is 5.55. The van der Waals surface area contributed by atoms with E-state index in [9.17, 15) is 0 Å². The summed E-state index contributed by atoms with van der Waals surface area (Å²) in [6.45, 7) is 0.734. The van der Waals surface area contributed by atoms with E-state index in [4.69, 9.17) is 7.80 Å². The second-order valence-corrected chi connectivity index (χ2v) is 3.36. The molecule has 1 aliphatic carbocycles. The normalized spacial score (nSPS) is 27.9. The summed E-state index contributed by atoms with van der Waals surface area (Å²) < 4.78 is 10.7. The largest absolute Gasteiger partial charge is 0.432 e. The fourth-order valence-corrected chi connectivity index (χ4v) is 1.61. The zero-order chi connectivity index (χ0) is 7.03. The van der Waals surface area contributed by atoms with Gasteiger partial charge in [-0.1, -0.05) is 0 Å². The van der Waals surface area contributed by atoms with Crippen molar-refractivity contribution in [2.24, 2.45) is 0 Å². The van der Waals surface area contributed by atoms with Gasteiger partial charge in [-0.25, -0.2) is 0 Å². The highest BCUT2D eigenvalue weighted by atomic mass is 127. The average molecular weight is 252 g/mol. The first-order valence-corrected chi connectivity index (χ1v) is 4.34. The molecule has 0 N–H and O–H groups in total. The molecule has 0 radical (unpaired) electrons. The zero-order valence-corrected chi connectivity index (χ0v) is 7.76. The Morgan fingerprint density at radius 3 is 3.00 bits per heavy atom. The number of hydrogen-bond donors (Lipinski definition) is 0. The minimum atomic E-state index is 0.204. The van der Waals surface area contributed by atoms with Gasteiger partial charge in [0, 0.05) is 6.42 Å². The first-order valence-electron chi connectivity index (χ1n) is 3.46. The van der Waals surface area contributed by atoms with E-state index in [1.54, 1.807) is 0 Å². The van der Waals surface area contributed by atoms with E-state index in [0.717, 1.165) is 18.8 Å². The minimum absolute atomic E-state index is 0.204. The number of rotatable bonds is 1. The fourth-order valence-electron chi connectivity index (χ4n) is 1.27. The van der Waals surface area contributed by atoms with Crippen molar-refractivity contribution in [3.8, 4) is 0 Å². The molecular weight excluding hydrogens is 243 g/mol. The third-order valence-corrected chi connectivity index (χ3v) is 2.67. The smallest absolute Gasteiger partial charge is 0.192 e. The van der Waals surface area contributed by atoms with E-state index >= 15 is 0 Å². The quantitative estimate of drug-likeness (QED) is 0.666. The molecule has 0 aromatic carbocycles. The van der Waals surface area contributed by atoms with Crippen molar-refractivity contribution < 1.29 is 7.80 Å². The zero-order valence-electron chi connectivity index (χ0n) is 5.60. The lowest BCUT2D eigenvalue weighted by molar-refractivity contribution is 0.0351. The van der Waals surface area contributed by atoms with Crippen molar-refractivity contribution in [1.29, 1.82) is 0 Å². The molecule has 2 aliphatic rings. The lowest BCUT2D eigenvalue weighted by Crippen LogP contribution is -2.19. The van der Waals surface area contributed by atoms with Gasteiger partial charge in [-0.3, -0.25) is 0 Å². The summed E-state index contributed by atoms with van der Waals surface area (Å²) in [5, 5.41) is 0. The van der Waals surface area contributed by atoms with Crippen LogP contribution in [0.2, 0.25) is 0 Å². The molecule has 0 aromatic rings. The molecule has 56 valence electrons. The molecule has 1 spiro atoms. The molecular formula is C7H9IO2. The first kappa shape index (κ1) is 6.91. The minimum Gasteiger partial charge on any atom is -0.432 e. The Kier molecular flexibility index (Phi) is 1.64. The van der Waals surface area contributed by atoms with Crippen molar-refractivity contribution in [2.45, 2.75) is 24.9 Å². The molecule has 1 heterocycles. The SMILES string of the molecule is IOC1=CCOC2(CC2)C1. The highest BCUT2D eigenvalue weighted by Crippen LogP contribution is 2.46. The van der Waals surface area contributed by atoms with E-state index in [-0.39, 0.29) is 5.60 Å². The van der Waals surface area contributed by atoms with Gasteiger partial charge in [0.2, 0.25) is 0 Å². The van der Waals surface area contributed by atoms with Crippen molar-refractivity contribution >= 4 is 23.0 Å². The van der Waals surface area contributed by atoms with E-state index in [0.29, 0.717) is 0 Å². The summed E-state index contributed by atoms with van der Waals surface area (Å²) in [6.07, 6.45) is 5.42. The third-order valence-electron chi connectivity index (χ3n) is 2.10. The van der Waals surface area contributed by atoms with Crippen molar-refractivity contribution in [3.63, 3.8) is 0 Å². The molecule has 3 heteroatoms. The van der Waals surface area contributed by atoms with E-state index < -0.39 is 0 Å². The number of hydrogen-bond acceptors (Lipinski definition) is 2.